The molecule has 2 amide bonds. The predicted octanol–water partition coefficient (Wildman–Crippen LogP) is 3.51. The minimum atomic E-state index is 0.0330. The van der Waals surface area contributed by atoms with Crippen LogP contribution in [0.4, 0.5) is 5.69 Å². The van der Waals surface area contributed by atoms with E-state index in [9.17, 15) is 9.59 Å². The van der Waals surface area contributed by atoms with Crippen molar-refractivity contribution in [3.8, 4) is 0 Å². The summed E-state index contributed by atoms with van der Waals surface area (Å²) in [6.07, 6.45) is 9.14. The molecule has 1 aromatic rings. The number of hydrogen-bond donors (Lipinski definition) is 1. The summed E-state index contributed by atoms with van der Waals surface area (Å²) in [4.78, 5) is 26.8. The van der Waals surface area contributed by atoms with E-state index in [1.54, 1.807) is 0 Å². The molecule has 0 radical (unpaired) electrons. The molecule has 0 spiro atoms. The van der Waals surface area contributed by atoms with Crippen LogP contribution in [0.15, 0.2) is 24.3 Å². The topological polar surface area (TPSA) is 49.4 Å². The highest BCUT2D eigenvalue weighted by Gasteiger charge is 2.51. The molecule has 1 aliphatic heterocycles. The zero-order valence-corrected chi connectivity index (χ0v) is 14.7. The van der Waals surface area contributed by atoms with Gasteiger partial charge in [-0.2, -0.15) is 0 Å². The lowest BCUT2D eigenvalue weighted by Crippen LogP contribution is -2.59. The Hall–Kier alpha value is -1.84. The van der Waals surface area contributed by atoms with E-state index in [0.29, 0.717) is 12.0 Å². The number of nitrogens with zero attached hydrogens (tertiary/aromatic N) is 1. The third kappa shape index (κ3) is 2.66. The van der Waals surface area contributed by atoms with Crippen molar-refractivity contribution < 1.29 is 9.59 Å². The fourth-order valence-electron chi connectivity index (χ4n) is 6.31. The fraction of sp³-hybridized carbons (Fsp3) is 0.619. The number of hydrogen-bond acceptors (Lipinski definition) is 2. The molecule has 4 bridgehead atoms. The zero-order valence-electron chi connectivity index (χ0n) is 14.7. The Labute approximate surface area is 149 Å². The Morgan fingerprint density at radius 3 is 2.36 bits per heavy atom. The van der Waals surface area contributed by atoms with Crippen LogP contribution in [0.2, 0.25) is 0 Å². The van der Waals surface area contributed by atoms with Gasteiger partial charge in [0.15, 0.2) is 0 Å². The van der Waals surface area contributed by atoms with E-state index in [0.717, 1.165) is 55.7 Å². The monoisotopic (exact) mass is 338 g/mol. The second kappa shape index (κ2) is 5.58. The van der Waals surface area contributed by atoms with Gasteiger partial charge in [0.2, 0.25) is 5.91 Å². The second-order valence-corrected chi connectivity index (χ2v) is 8.85. The van der Waals surface area contributed by atoms with Crippen molar-refractivity contribution in [1.82, 2.24) is 5.32 Å². The lowest BCUT2D eigenvalue weighted by atomic mass is 9.53. The van der Waals surface area contributed by atoms with Crippen LogP contribution in [0.1, 0.15) is 61.7 Å². The summed E-state index contributed by atoms with van der Waals surface area (Å²) in [5.74, 6) is 2.66. The molecule has 4 nitrogen and oxygen atoms in total. The van der Waals surface area contributed by atoms with Gasteiger partial charge in [0.05, 0.1) is 0 Å². The Morgan fingerprint density at radius 1 is 1.08 bits per heavy atom. The van der Waals surface area contributed by atoms with Crippen molar-refractivity contribution in [2.75, 3.05) is 11.4 Å². The molecule has 0 aromatic heterocycles. The lowest BCUT2D eigenvalue weighted by Gasteiger charge is -2.56. The number of carbonyl (C=O) groups is 2. The minimum Gasteiger partial charge on any atom is -0.347 e. The van der Waals surface area contributed by atoms with Crippen LogP contribution < -0.4 is 10.2 Å². The molecule has 0 atom stereocenters. The average molecular weight is 338 g/mol. The number of carbonyl (C=O) groups excluding carboxylic acids is 2. The number of benzene rings is 1. The maximum Gasteiger partial charge on any atom is 0.251 e. The van der Waals surface area contributed by atoms with Gasteiger partial charge in [-0.3, -0.25) is 9.59 Å². The Morgan fingerprint density at radius 2 is 1.76 bits per heavy atom. The molecular formula is C21H26N2O2. The molecule has 1 heterocycles. The molecule has 25 heavy (non-hydrogen) atoms. The SMILES string of the molecule is O=C(NC12CC3CC(CC(C3)C1)C2)c1cccc(N2CCCC2=O)c1. The van der Waals surface area contributed by atoms with Crippen LogP contribution in [-0.4, -0.2) is 23.9 Å². The van der Waals surface area contributed by atoms with Gasteiger partial charge in [-0.05, 0) is 80.9 Å². The summed E-state index contributed by atoms with van der Waals surface area (Å²) in [5.41, 5.74) is 1.58. The summed E-state index contributed by atoms with van der Waals surface area (Å²) in [6.45, 7) is 0.763. The van der Waals surface area contributed by atoms with E-state index < -0.39 is 0 Å². The van der Waals surface area contributed by atoms with E-state index in [1.807, 2.05) is 29.2 Å². The third-order valence-electron chi connectivity index (χ3n) is 6.91. The van der Waals surface area contributed by atoms with Crippen LogP contribution in [0.25, 0.3) is 0 Å². The van der Waals surface area contributed by atoms with Gasteiger partial charge in [-0.15, -0.1) is 0 Å². The summed E-state index contributed by atoms with van der Waals surface area (Å²) in [7, 11) is 0. The lowest BCUT2D eigenvalue weighted by molar-refractivity contribution is -0.117. The predicted molar refractivity (Wildman–Crippen MR) is 96.4 cm³/mol. The molecule has 1 aromatic carbocycles. The van der Waals surface area contributed by atoms with Crippen molar-refractivity contribution in [3.05, 3.63) is 29.8 Å². The summed E-state index contributed by atoms with van der Waals surface area (Å²) < 4.78 is 0. The Kier molecular flexibility index (Phi) is 3.44. The molecule has 4 heteroatoms. The molecule has 4 saturated carbocycles. The van der Waals surface area contributed by atoms with Crippen molar-refractivity contribution in [1.29, 1.82) is 0 Å². The van der Waals surface area contributed by atoms with Crippen LogP contribution in [0.5, 0.6) is 0 Å². The molecule has 0 unspecified atom stereocenters. The normalized spacial score (nSPS) is 36.1. The van der Waals surface area contributed by atoms with E-state index in [4.69, 9.17) is 0 Å². The summed E-state index contributed by atoms with van der Waals surface area (Å²) >= 11 is 0. The first kappa shape index (κ1) is 15.4. The highest BCUT2D eigenvalue weighted by Crippen LogP contribution is 2.55. The first-order valence-electron chi connectivity index (χ1n) is 9.83. The van der Waals surface area contributed by atoms with E-state index >= 15 is 0 Å². The van der Waals surface area contributed by atoms with Crippen LogP contribution in [0, 0.1) is 17.8 Å². The molecule has 5 fully saturated rings. The number of anilines is 1. The van der Waals surface area contributed by atoms with Gasteiger partial charge >= 0.3 is 0 Å². The quantitative estimate of drug-likeness (QED) is 0.917. The highest BCUT2D eigenvalue weighted by molar-refractivity contribution is 5.99. The van der Waals surface area contributed by atoms with Gasteiger partial charge in [0.1, 0.15) is 0 Å². The largest absolute Gasteiger partial charge is 0.347 e. The molecule has 6 rings (SSSR count). The minimum absolute atomic E-state index is 0.0330. The Bertz CT molecular complexity index is 691. The van der Waals surface area contributed by atoms with E-state index in [1.165, 1.54) is 19.3 Å². The van der Waals surface area contributed by atoms with Crippen molar-refractivity contribution >= 4 is 17.5 Å². The third-order valence-corrected chi connectivity index (χ3v) is 6.91. The van der Waals surface area contributed by atoms with Gasteiger partial charge in [-0.25, -0.2) is 0 Å². The zero-order chi connectivity index (χ0) is 17.0. The number of amides is 2. The first-order chi connectivity index (χ1) is 12.1. The van der Waals surface area contributed by atoms with Crippen LogP contribution >= 0.6 is 0 Å². The van der Waals surface area contributed by atoms with Gasteiger partial charge in [0, 0.05) is 29.8 Å². The van der Waals surface area contributed by atoms with E-state index in [-0.39, 0.29) is 17.4 Å². The van der Waals surface area contributed by atoms with Crippen LogP contribution in [0.3, 0.4) is 0 Å². The smallest absolute Gasteiger partial charge is 0.251 e. The maximum absolute atomic E-state index is 13.0. The highest BCUT2D eigenvalue weighted by atomic mass is 16.2. The van der Waals surface area contributed by atoms with Gasteiger partial charge in [-0.1, -0.05) is 6.07 Å². The second-order valence-electron chi connectivity index (χ2n) is 8.85. The van der Waals surface area contributed by atoms with Crippen molar-refractivity contribution in [2.24, 2.45) is 17.8 Å². The van der Waals surface area contributed by atoms with Gasteiger partial charge in [0.25, 0.3) is 5.91 Å². The van der Waals surface area contributed by atoms with E-state index in [2.05, 4.69) is 5.32 Å². The van der Waals surface area contributed by atoms with Crippen molar-refractivity contribution in [3.63, 3.8) is 0 Å². The molecule has 1 N–H and O–H groups in total. The number of nitrogens with one attached hydrogen (secondary N) is 1. The summed E-state index contributed by atoms with van der Waals surface area (Å²) in [5, 5.41) is 3.43. The molecule has 4 aliphatic carbocycles. The first-order valence-corrected chi connectivity index (χ1v) is 9.83. The maximum atomic E-state index is 13.0. The Balaban J connectivity index is 1.36. The van der Waals surface area contributed by atoms with Gasteiger partial charge < -0.3 is 10.2 Å². The summed E-state index contributed by atoms with van der Waals surface area (Å²) in [6, 6.07) is 7.60. The van der Waals surface area contributed by atoms with Crippen LogP contribution in [-0.2, 0) is 4.79 Å². The number of rotatable bonds is 3. The standard InChI is InChI=1S/C21H26N2O2/c24-19-5-2-6-23(19)18-4-1-3-17(10-18)20(25)22-21-11-14-7-15(12-21)9-16(8-14)13-21/h1,3-4,10,14-16H,2,5-9,11-13H2,(H,22,25). The molecule has 5 aliphatic rings. The average Bonchev–Trinajstić information content (AvgIpc) is 2.99. The molecule has 1 saturated heterocycles. The van der Waals surface area contributed by atoms with Crippen molar-refractivity contribution in [2.45, 2.75) is 56.9 Å². The molecular weight excluding hydrogens is 312 g/mol. The molecule has 132 valence electrons. The fourth-order valence-corrected chi connectivity index (χ4v) is 6.31.